The molecule has 0 atom stereocenters. The molecule has 0 N–H and O–H groups in total. The summed E-state index contributed by atoms with van der Waals surface area (Å²) in [5.74, 6) is -0.470. The fourth-order valence-corrected chi connectivity index (χ4v) is 4.36. The number of halogens is 1. The standard InChI is InChI=1S/C19H19BrNO3/c1-18(2)14(17(20)19(3,4)21(18)24)10-9-13-15(22)11-7-5-6-8-12(11)16(13)23/h5-9H,10H2,1-4H3. The molecule has 4 nitrogen and oxygen atoms in total. The van der Waals surface area contributed by atoms with Gasteiger partial charge in [0.15, 0.2) is 11.6 Å². The Labute approximate surface area is 149 Å². The molecular formula is C19H19BrNO3. The lowest BCUT2D eigenvalue weighted by atomic mass is 9.92. The fourth-order valence-electron chi connectivity index (χ4n) is 3.55. The molecule has 0 saturated carbocycles. The van der Waals surface area contributed by atoms with Crippen LogP contribution < -0.4 is 0 Å². The largest absolute Gasteiger partial charge is 0.288 e. The van der Waals surface area contributed by atoms with Crippen LogP contribution in [0.15, 0.2) is 46.0 Å². The monoisotopic (exact) mass is 388 g/mol. The van der Waals surface area contributed by atoms with Crippen LogP contribution in [0.4, 0.5) is 0 Å². The lowest BCUT2D eigenvalue weighted by Crippen LogP contribution is -2.47. The zero-order valence-electron chi connectivity index (χ0n) is 14.1. The second-order valence-electron chi connectivity index (χ2n) is 7.23. The maximum Gasteiger partial charge on any atom is 0.197 e. The van der Waals surface area contributed by atoms with E-state index < -0.39 is 11.1 Å². The molecular weight excluding hydrogens is 370 g/mol. The Morgan fingerprint density at radius 2 is 1.50 bits per heavy atom. The lowest BCUT2D eigenvalue weighted by molar-refractivity contribution is -0.239. The minimum Gasteiger partial charge on any atom is -0.288 e. The second kappa shape index (κ2) is 5.48. The van der Waals surface area contributed by atoms with Crippen LogP contribution in [0.25, 0.3) is 0 Å². The molecule has 0 saturated heterocycles. The van der Waals surface area contributed by atoms with E-state index in [-0.39, 0.29) is 17.1 Å². The summed E-state index contributed by atoms with van der Waals surface area (Å²) in [6.45, 7) is 7.43. The molecule has 0 unspecified atom stereocenters. The first-order valence-corrected chi connectivity index (χ1v) is 8.65. The summed E-state index contributed by atoms with van der Waals surface area (Å²) in [6.07, 6.45) is 2.05. The van der Waals surface area contributed by atoms with Crippen molar-refractivity contribution < 1.29 is 14.8 Å². The number of Topliss-reactive ketones (excluding diaryl/α,β-unsaturated/α-hetero) is 2. The van der Waals surface area contributed by atoms with Crippen LogP contribution in [0.5, 0.6) is 0 Å². The molecule has 5 heteroatoms. The van der Waals surface area contributed by atoms with E-state index in [4.69, 9.17) is 0 Å². The average molecular weight is 389 g/mol. The van der Waals surface area contributed by atoms with Crippen molar-refractivity contribution in [2.75, 3.05) is 0 Å². The highest BCUT2D eigenvalue weighted by atomic mass is 79.9. The Kier molecular flexibility index (Phi) is 3.94. The minimum atomic E-state index is -0.697. The van der Waals surface area contributed by atoms with Crippen molar-refractivity contribution in [2.24, 2.45) is 0 Å². The van der Waals surface area contributed by atoms with Gasteiger partial charge in [-0.2, -0.15) is 0 Å². The molecule has 1 aromatic rings. The van der Waals surface area contributed by atoms with Crippen LogP contribution in [-0.2, 0) is 5.21 Å². The molecule has 1 heterocycles. The van der Waals surface area contributed by atoms with E-state index in [0.717, 1.165) is 15.1 Å². The normalized spacial score (nSPS) is 22.3. The number of allylic oxidation sites excluding steroid dienone is 2. The molecule has 1 aliphatic carbocycles. The second-order valence-corrected chi connectivity index (χ2v) is 8.02. The topological polar surface area (TPSA) is 57.3 Å². The Morgan fingerprint density at radius 3 is 1.92 bits per heavy atom. The highest BCUT2D eigenvalue weighted by molar-refractivity contribution is 9.11. The maximum absolute atomic E-state index is 12.6. The lowest BCUT2D eigenvalue weighted by Gasteiger charge is -2.34. The molecule has 125 valence electrons. The van der Waals surface area contributed by atoms with Gasteiger partial charge in [0.1, 0.15) is 0 Å². The number of carbonyl (C=O) groups is 2. The summed E-state index contributed by atoms with van der Waals surface area (Å²) in [5.41, 5.74) is 0.644. The van der Waals surface area contributed by atoms with Crippen LogP contribution in [0.3, 0.4) is 0 Å². The van der Waals surface area contributed by atoms with Crippen LogP contribution in [0.1, 0.15) is 54.8 Å². The summed E-state index contributed by atoms with van der Waals surface area (Å²) < 4.78 is 0.822. The van der Waals surface area contributed by atoms with Gasteiger partial charge < -0.3 is 0 Å². The van der Waals surface area contributed by atoms with Gasteiger partial charge in [0, 0.05) is 15.6 Å². The van der Waals surface area contributed by atoms with Gasteiger partial charge in [-0.1, -0.05) is 46.3 Å². The number of carbonyl (C=O) groups excluding carboxylic acids is 2. The van der Waals surface area contributed by atoms with Gasteiger partial charge >= 0.3 is 0 Å². The molecule has 24 heavy (non-hydrogen) atoms. The van der Waals surface area contributed by atoms with Gasteiger partial charge in [-0.25, -0.2) is 0 Å². The van der Waals surface area contributed by atoms with Gasteiger partial charge in [-0.3, -0.25) is 9.59 Å². The van der Waals surface area contributed by atoms with E-state index in [2.05, 4.69) is 15.9 Å². The summed E-state index contributed by atoms with van der Waals surface area (Å²) in [7, 11) is 0. The molecule has 2 aliphatic rings. The molecule has 1 aromatic carbocycles. The van der Waals surface area contributed by atoms with Crippen molar-refractivity contribution in [3.05, 3.63) is 57.1 Å². The highest BCUT2D eigenvalue weighted by Crippen LogP contribution is 2.48. The van der Waals surface area contributed by atoms with Crippen LogP contribution in [0.2, 0.25) is 0 Å². The number of hydroxylamine groups is 2. The van der Waals surface area contributed by atoms with Crippen molar-refractivity contribution in [1.29, 1.82) is 0 Å². The van der Waals surface area contributed by atoms with E-state index in [0.29, 0.717) is 17.5 Å². The maximum atomic E-state index is 12.6. The van der Waals surface area contributed by atoms with Crippen molar-refractivity contribution in [3.63, 3.8) is 0 Å². The summed E-state index contributed by atoms with van der Waals surface area (Å²) in [4.78, 5) is 24.9. The van der Waals surface area contributed by atoms with Crippen molar-refractivity contribution >= 4 is 27.5 Å². The summed E-state index contributed by atoms with van der Waals surface area (Å²) in [5, 5.41) is 13.6. The van der Waals surface area contributed by atoms with Gasteiger partial charge in [-0.05, 0) is 39.7 Å². The number of benzene rings is 1. The van der Waals surface area contributed by atoms with Crippen molar-refractivity contribution in [1.82, 2.24) is 5.06 Å². The van der Waals surface area contributed by atoms with Gasteiger partial charge in [0.05, 0.1) is 16.7 Å². The number of hydrogen-bond acceptors (Lipinski definition) is 3. The van der Waals surface area contributed by atoms with Gasteiger partial charge in [0.25, 0.3) is 0 Å². The van der Waals surface area contributed by atoms with Crippen LogP contribution >= 0.6 is 15.9 Å². The van der Waals surface area contributed by atoms with E-state index in [1.54, 1.807) is 30.3 Å². The molecule has 0 amide bonds. The number of fused-ring (bicyclic) bond motifs is 1. The molecule has 0 bridgehead atoms. The van der Waals surface area contributed by atoms with Gasteiger partial charge in [-0.15, -0.1) is 10.3 Å². The van der Waals surface area contributed by atoms with Gasteiger partial charge in [0.2, 0.25) is 0 Å². The number of hydrogen-bond donors (Lipinski definition) is 0. The predicted octanol–water partition coefficient (Wildman–Crippen LogP) is 4.25. The third-order valence-electron chi connectivity index (χ3n) is 4.97. The first-order valence-electron chi connectivity index (χ1n) is 7.85. The zero-order valence-corrected chi connectivity index (χ0v) is 15.7. The van der Waals surface area contributed by atoms with Crippen LogP contribution in [0, 0.1) is 0 Å². The SMILES string of the molecule is CC1(C)C(Br)=C(CC=C2C(=O)c3ccccc3C2=O)C(C)(C)N1[O]. The number of rotatable bonds is 2. The number of nitrogens with zero attached hydrogens (tertiary/aromatic N) is 1. The Morgan fingerprint density at radius 1 is 1.00 bits per heavy atom. The summed E-state index contributed by atoms with van der Waals surface area (Å²) in [6, 6.07) is 6.86. The zero-order chi connectivity index (χ0) is 17.9. The van der Waals surface area contributed by atoms with E-state index in [1.165, 1.54) is 0 Å². The molecule has 1 aliphatic heterocycles. The Balaban J connectivity index is 1.97. The first-order chi connectivity index (χ1) is 11.1. The summed E-state index contributed by atoms with van der Waals surface area (Å²) >= 11 is 3.55. The van der Waals surface area contributed by atoms with E-state index in [9.17, 15) is 14.8 Å². The average Bonchev–Trinajstić information content (AvgIpc) is 2.84. The Bertz CT molecular complexity index is 781. The molecule has 0 spiro atoms. The smallest absolute Gasteiger partial charge is 0.197 e. The van der Waals surface area contributed by atoms with E-state index in [1.807, 2.05) is 27.7 Å². The fraction of sp³-hybridized carbons (Fsp3) is 0.368. The van der Waals surface area contributed by atoms with Crippen molar-refractivity contribution in [2.45, 2.75) is 45.2 Å². The van der Waals surface area contributed by atoms with Crippen molar-refractivity contribution in [3.8, 4) is 0 Å². The molecule has 1 radical (unpaired) electrons. The molecule has 3 rings (SSSR count). The minimum absolute atomic E-state index is 0.196. The molecule has 0 aromatic heterocycles. The third kappa shape index (κ3) is 2.26. The third-order valence-corrected chi connectivity index (χ3v) is 6.42. The quantitative estimate of drug-likeness (QED) is 0.561. The molecule has 0 fully saturated rings. The van der Waals surface area contributed by atoms with E-state index >= 15 is 0 Å². The van der Waals surface area contributed by atoms with Crippen LogP contribution in [-0.4, -0.2) is 27.7 Å². The predicted molar refractivity (Wildman–Crippen MR) is 94.4 cm³/mol. The highest BCUT2D eigenvalue weighted by Gasteiger charge is 2.50. The number of ketones is 2. The Hall–Kier alpha value is -1.56. The first kappa shape index (κ1) is 17.3.